The van der Waals surface area contributed by atoms with Gasteiger partial charge < -0.3 is 14.0 Å². The van der Waals surface area contributed by atoms with E-state index in [1.54, 1.807) is 36.6 Å². The third kappa shape index (κ3) is 5.05. The number of hydrogen-bond acceptors (Lipinski definition) is 6. The molecule has 0 saturated heterocycles. The summed E-state index contributed by atoms with van der Waals surface area (Å²) in [6.07, 6.45) is 0. The summed E-state index contributed by atoms with van der Waals surface area (Å²) in [7, 11) is 0. The Morgan fingerprint density at radius 2 is 1.73 bits per heavy atom. The molecule has 0 bridgehead atoms. The minimum absolute atomic E-state index is 0.00794. The largest absolute Gasteiger partial charge is 0.454 e. The summed E-state index contributed by atoms with van der Waals surface area (Å²) in [5.74, 6) is -1.28. The first-order valence-electron chi connectivity index (χ1n) is 9.78. The van der Waals surface area contributed by atoms with Crippen LogP contribution in [0.3, 0.4) is 0 Å². The number of nitrogens with zero attached hydrogens (tertiary/aromatic N) is 2. The fourth-order valence-electron chi connectivity index (χ4n) is 3.55. The zero-order valence-electron chi connectivity index (χ0n) is 18.0. The number of Topliss-reactive ketones (excluding diaryl/α,β-unsaturated/α-hetero) is 1. The molecule has 1 heterocycles. The SMILES string of the molecule is Cc1c(C(=O)OCC(=O)c2cc(C)n(-c3ccc(OC(F)F)cc3)c2C)cccc1[N+](=O)[O-]. The van der Waals surface area contributed by atoms with Gasteiger partial charge >= 0.3 is 12.6 Å². The van der Waals surface area contributed by atoms with Crippen LogP contribution in [0.25, 0.3) is 5.69 Å². The molecular weight excluding hydrogens is 438 g/mol. The number of aryl methyl sites for hydroxylation is 1. The maximum absolute atomic E-state index is 12.7. The Morgan fingerprint density at radius 3 is 2.33 bits per heavy atom. The number of benzene rings is 2. The molecule has 33 heavy (non-hydrogen) atoms. The first-order valence-corrected chi connectivity index (χ1v) is 9.78. The minimum Gasteiger partial charge on any atom is -0.454 e. The second-order valence-corrected chi connectivity index (χ2v) is 7.20. The van der Waals surface area contributed by atoms with Crippen LogP contribution in [-0.4, -0.2) is 34.5 Å². The molecule has 0 N–H and O–H groups in total. The van der Waals surface area contributed by atoms with Gasteiger partial charge in [0, 0.05) is 34.3 Å². The van der Waals surface area contributed by atoms with Crippen molar-refractivity contribution in [3.8, 4) is 11.4 Å². The van der Waals surface area contributed by atoms with Crippen LogP contribution in [0.4, 0.5) is 14.5 Å². The van der Waals surface area contributed by atoms with Crippen LogP contribution in [0.2, 0.25) is 0 Å². The van der Waals surface area contributed by atoms with Gasteiger partial charge in [0.25, 0.3) is 5.69 Å². The van der Waals surface area contributed by atoms with Gasteiger partial charge in [0.2, 0.25) is 5.78 Å². The van der Waals surface area contributed by atoms with Crippen LogP contribution < -0.4 is 4.74 Å². The molecule has 1 aromatic heterocycles. The lowest BCUT2D eigenvalue weighted by Gasteiger charge is -2.11. The molecule has 10 heteroatoms. The molecule has 2 aromatic carbocycles. The third-order valence-electron chi connectivity index (χ3n) is 5.11. The summed E-state index contributed by atoms with van der Waals surface area (Å²) in [6, 6.07) is 11.6. The summed E-state index contributed by atoms with van der Waals surface area (Å²) < 4.78 is 35.9. The first kappa shape index (κ1) is 23.6. The van der Waals surface area contributed by atoms with E-state index in [-0.39, 0.29) is 22.6 Å². The number of carbonyl (C=O) groups is 2. The highest BCUT2D eigenvalue weighted by molar-refractivity contribution is 6.01. The van der Waals surface area contributed by atoms with Crippen molar-refractivity contribution in [3.05, 3.63) is 86.7 Å². The number of carbonyl (C=O) groups excluding carboxylic acids is 2. The van der Waals surface area contributed by atoms with E-state index in [2.05, 4.69) is 4.74 Å². The smallest absolute Gasteiger partial charge is 0.387 e. The van der Waals surface area contributed by atoms with Crippen molar-refractivity contribution in [2.24, 2.45) is 0 Å². The Balaban J connectivity index is 1.76. The fourth-order valence-corrected chi connectivity index (χ4v) is 3.55. The minimum atomic E-state index is -2.93. The molecule has 0 aliphatic carbocycles. The summed E-state index contributed by atoms with van der Waals surface area (Å²) in [5.41, 5.74) is 2.18. The van der Waals surface area contributed by atoms with E-state index in [1.165, 1.54) is 37.3 Å². The second-order valence-electron chi connectivity index (χ2n) is 7.20. The highest BCUT2D eigenvalue weighted by atomic mass is 19.3. The lowest BCUT2D eigenvalue weighted by molar-refractivity contribution is -0.385. The monoisotopic (exact) mass is 458 g/mol. The van der Waals surface area contributed by atoms with Gasteiger partial charge in [0.05, 0.1) is 10.5 Å². The van der Waals surface area contributed by atoms with Crippen LogP contribution in [0.1, 0.15) is 37.7 Å². The van der Waals surface area contributed by atoms with Crippen LogP contribution in [0, 0.1) is 30.9 Å². The number of hydrogen-bond donors (Lipinski definition) is 0. The Morgan fingerprint density at radius 1 is 1.06 bits per heavy atom. The van der Waals surface area contributed by atoms with Crippen molar-refractivity contribution in [2.75, 3.05) is 6.61 Å². The van der Waals surface area contributed by atoms with Gasteiger partial charge in [-0.1, -0.05) is 6.07 Å². The highest BCUT2D eigenvalue weighted by Gasteiger charge is 2.22. The number of rotatable bonds is 8. The molecule has 0 fully saturated rings. The number of halogens is 2. The van der Waals surface area contributed by atoms with Crippen molar-refractivity contribution >= 4 is 17.4 Å². The summed E-state index contributed by atoms with van der Waals surface area (Å²) >= 11 is 0. The van der Waals surface area contributed by atoms with Gasteiger partial charge in [0.1, 0.15) is 5.75 Å². The first-order chi connectivity index (χ1) is 15.6. The quantitative estimate of drug-likeness (QED) is 0.205. The fraction of sp³-hybridized carbons (Fsp3) is 0.217. The molecule has 0 spiro atoms. The molecule has 0 aliphatic rings. The number of ether oxygens (including phenoxy) is 2. The Hall–Kier alpha value is -4.08. The third-order valence-corrected chi connectivity index (χ3v) is 5.11. The normalized spacial score (nSPS) is 10.8. The van der Waals surface area contributed by atoms with E-state index in [1.807, 2.05) is 0 Å². The van der Waals surface area contributed by atoms with Gasteiger partial charge in [-0.25, -0.2) is 4.79 Å². The lowest BCUT2D eigenvalue weighted by Crippen LogP contribution is -2.16. The summed E-state index contributed by atoms with van der Waals surface area (Å²) in [4.78, 5) is 35.6. The van der Waals surface area contributed by atoms with Gasteiger partial charge in [0.15, 0.2) is 6.61 Å². The molecule has 0 saturated carbocycles. The van der Waals surface area contributed by atoms with E-state index in [0.29, 0.717) is 22.6 Å². The Bertz CT molecular complexity index is 1220. The Labute approximate surface area is 187 Å². The average molecular weight is 458 g/mol. The summed E-state index contributed by atoms with van der Waals surface area (Å²) in [6.45, 7) is 1.43. The van der Waals surface area contributed by atoms with Crippen LogP contribution in [0.5, 0.6) is 5.75 Å². The standard InChI is InChI=1S/C23H20F2N2O6/c1-13-11-19(15(3)26(13)16-7-9-17(10-8-16)33-23(24)25)21(28)12-32-22(29)18-5-4-6-20(14(18)2)27(30)31/h4-11,23H,12H2,1-3H3. The Kier molecular flexibility index (Phi) is 6.86. The predicted octanol–water partition coefficient (Wildman–Crippen LogP) is 4.95. The van der Waals surface area contributed by atoms with E-state index < -0.39 is 29.9 Å². The van der Waals surface area contributed by atoms with Gasteiger partial charge in [-0.05, 0) is 57.2 Å². The number of esters is 1. The second kappa shape index (κ2) is 9.60. The lowest BCUT2D eigenvalue weighted by atomic mass is 10.1. The molecule has 3 aromatic rings. The number of nitro benzene ring substituents is 1. The van der Waals surface area contributed by atoms with Crippen LogP contribution in [0.15, 0.2) is 48.5 Å². The van der Waals surface area contributed by atoms with Crippen molar-refractivity contribution in [1.82, 2.24) is 4.57 Å². The van der Waals surface area contributed by atoms with E-state index >= 15 is 0 Å². The van der Waals surface area contributed by atoms with Crippen molar-refractivity contribution in [2.45, 2.75) is 27.4 Å². The molecule has 0 unspecified atom stereocenters. The molecule has 8 nitrogen and oxygen atoms in total. The summed E-state index contributed by atoms with van der Waals surface area (Å²) in [5, 5.41) is 11.1. The molecule has 0 radical (unpaired) electrons. The average Bonchev–Trinajstić information content (AvgIpc) is 3.06. The zero-order chi connectivity index (χ0) is 24.3. The molecule has 0 aliphatic heterocycles. The van der Waals surface area contributed by atoms with Gasteiger partial charge in [-0.2, -0.15) is 8.78 Å². The number of aromatic nitrogens is 1. The van der Waals surface area contributed by atoms with Gasteiger partial charge in [-0.15, -0.1) is 0 Å². The maximum Gasteiger partial charge on any atom is 0.387 e. The number of alkyl halides is 2. The molecule has 0 atom stereocenters. The maximum atomic E-state index is 12.7. The van der Waals surface area contributed by atoms with Gasteiger partial charge in [-0.3, -0.25) is 14.9 Å². The number of ketones is 1. The molecule has 172 valence electrons. The number of nitro groups is 1. The van der Waals surface area contributed by atoms with E-state index in [0.717, 1.165) is 0 Å². The zero-order valence-corrected chi connectivity index (χ0v) is 18.0. The van der Waals surface area contributed by atoms with E-state index in [4.69, 9.17) is 4.74 Å². The molecular formula is C23H20F2N2O6. The topological polar surface area (TPSA) is 101 Å². The van der Waals surface area contributed by atoms with Crippen molar-refractivity contribution < 1.29 is 32.8 Å². The van der Waals surface area contributed by atoms with Crippen LogP contribution >= 0.6 is 0 Å². The molecule has 3 rings (SSSR count). The predicted molar refractivity (Wildman–Crippen MR) is 114 cm³/mol. The van der Waals surface area contributed by atoms with Crippen molar-refractivity contribution in [1.29, 1.82) is 0 Å². The molecule has 0 amide bonds. The van der Waals surface area contributed by atoms with Crippen molar-refractivity contribution in [3.63, 3.8) is 0 Å². The van der Waals surface area contributed by atoms with E-state index in [9.17, 15) is 28.5 Å². The van der Waals surface area contributed by atoms with Crippen LogP contribution in [-0.2, 0) is 4.74 Å². The highest BCUT2D eigenvalue weighted by Crippen LogP contribution is 2.25.